The van der Waals surface area contributed by atoms with Crippen LogP contribution in [-0.4, -0.2) is 67.0 Å². The van der Waals surface area contributed by atoms with Gasteiger partial charge in [0.2, 0.25) is 5.91 Å². The molecule has 1 fully saturated rings. The van der Waals surface area contributed by atoms with Gasteiger partial charge in [0, 0.05) is 38.4 Å². The van der Waals surface area contributed by atoms with Crippen LogP contribution in [0.2, 0.25) is 5.02 Å². The average Bonchev–Trinajstić information content (AvgIpc) is 2.92. The van der Waals surface area contributed by atoms with Crippen LogP contribution in [0, 0.1) is 5.92 Å². The SMILES string of the molecule is COc1ccc(C(=O)N(CC(=O)N2CCC(CN(C)c3ccncn3)CC2)c2ccccc2Cl)cc1. The number of benzene rings is 2. The molecule has 2 aromatic carbocycles. The molecule has 2 heterocycles. The van der Waals surface area contributed by atoms with E-state index in [0.717, 1.165) is 25.2 Å². The normalized spacial score (nSPS) is 13.8. The van der Waals surface area contributed by atoms with Crippen LogP contribution >= 0.6 is 11.6 Å². The fourth-order valence-electron chi connectivity index (χ4n) is 4.42. The molecule has 0 atom stereocenters. The Balaban J connectivity index is 1.42. The number of piperidine rings is 1. The molecular weight excluding hydrogens is 478 g/mol. The maximum atomic E-state index is 13.5. The van der Waals surface area contributed by atoms with Crippen molar-refractivity contribution >= 4 is 34.9 Å². The van der Waals surface area contributed by atoms with Crippen LogP contribution in [0.15, 0.2) is 67.1 Å². The maximum Gasteiger partial charge on any atom is 0.258 e. The van der Waals surface area contributed by atoms with E-state index in [0.29, 0.717) is 41.0 Å². The molecule has 2 amide bonds. The molecule has 1 aromatic heterocycles. The zero-order chi connectivity index (χ0) is 25.5. The summed E-state index contributed by atoms with van der Waals surface area (Å²) in [5, 5.41) is 0.415. The van der Waals surface area contributed by atoms with Crippen LogP contribution in [0.4, 0.5) is 11.5 Å². The quantitative estimate of drug-likeness (QED) is 0.455. The number of nitrogens with zero attached hydrogens (tertiary/aromatic N) is 5. The molecule has 9 heteroatoms. The Hall–Kier alpha value is -3.65. The van der Waals surface area contributed by atoms with Crippen molar-refractivity contribution in [3.05, 3.63) is 77.7 Å². The molecule has 0 saturated carbocycles. The van der Waals surface area contributed by atoms with Crippen LogP contribution in [0.3, 0.4) is 0 Å². The summed E-state index contributed by atoms with van der Waals surface area (Å²) in [5.41, 5.74) is 0.963. The van der Waals surface area contributed by atoms with Crippen molar-refractivity contribution < 1.29 is 14.3 Å². The third kappa shape index (κ3) is 6.12. The lowest BCUT2D eigenvalue weighted by molar-refractivity contribution is -0.131. The van der Waals surface area contributed by atoms with E-state index in [2.05, 4.69) is 14.9 Å². The van der Waals surface area contributed by atoms with Crippen molar-refractivity contribution in [2.75, 3.05) is 50.1 Å². The van der Waals surface area contributed by atoms with E-state index < -0.39 is 0 Å². The smallest absolute Gasteiger partial charge is 0.258 e. The van der Waals surface area contributed by atoms with Gasteiger partial charge in [0.05, 0.1) is 17.8 Å². The van der Waals surface area contributed by atoms with Gasteiger partial charge in [0.1, 0.15) is 24.4 Å². The summed E-state index contributed by atoms with van der Waals surface area (Å²) in [6, 6.07) is 15.8. The number of rotatable bonds is 8. The Morgan fingerprint density at radius 2 is 1.81 bits per heavy atom. The van der Waals surface area contributed by atoms with Crippen molar-refractivity contribution in [2.24, 2.45) is 5.92 Å². The minimum atomic E-state index is -0.291. The highest BCUT2D eigenvalue weighted by molar-refractivity contribution is 6.34. The summed E-state index contributed by atoms with van der Waals surface area (Å²) >= 11 is 6.43. The van der Waals surface area contributed by atoms with Gasteiger partial charge >= 0.3 is 0 Å². The number of anilines is 2. The molecule has 1 saturated heterocycles. The zero-order valence-electron chi connectivity index (χ0n) is 20.5. The number of carbonyl (C=O) groups excluding carboxylic acids is 2. The number of amides is 2. The first kappa shape index (κ1) is 25.4. The Morgan fingerprint density at radius 1 is 1.08 bits per heavy atom. The molecule has 3 aromatic rings. The van der Waals surface area contributed by atoms with E-state index in [4.69, 9.17) is 16.3 Å². The van der Waals surface area contributed by atoms with Crippen molar-refractivity contribution in [1.29, 1.82) is 0 Å². The summed E-state index contributed by atoms with van der Waals surface area (Å²) in [4.78, 5) is 40.5. The highest BCUT2D eigenvalue weighted by Crippen LogP contribution is 2.28. The lowest BCUT2D eigenvalue weighted by Gasteiger charge is -2.35. The zero-order valence-corrected chi connectivity index (χ0v) is 21.3. The molecule has 1 aliphatic heterocycles. The number of ether oxygens (including phenoxy) is 1. The minimum absolute atomic E-state index is 0.0832. The number of hydrogen-bond donors (Lipinski definition) is 0. The number of halogens is 1. The van der Waals surface area contributed by atoms with Gasteiger partial charge in [-0.05, 0) is 61.2 Å². The molecule has 0 unspecified atom stereocenters. The highest BCUT2D eigenvalue weighted by Gasteiger charge is 2.28. The van der Waals surface area contributed by atoms with Gasteiger partial charge in [0.15, 0.2) is 0 Å². The average molecular weight is 508 g/mol. The third-order valence-corrected chi connectivity index (χ3v) is 6.80. The monoisotopic (exact) mass is 507 g/mol. The first-order valence-electron chi connectivity index (χ1n) is 11.9. The molecule has 0 aliphatic carbocycles. The van der Waals surface area contributed by atoms with Crippen molar-refractivity contribution in [3.63, 3.8) is 0 Å². The summed E-state index contributed by atoms with van der Waals surface area (Å²) in [7, 11) is 3.59. The third-order valence-electron chi connectivity index (χ3n) is 6.48. The van der Waals surface area contributed by atoms with E-state index in [1.165, 1.54) is 4.90 Å². The molecule has 188 valence electrons. The molecule has 0 radical (unpaired) electrons. The summed E-state index contributed by atoms with van der Waals surface area (Å²) in [5.74, 6) is 1.60. The van der Waals surface area contributed by atoms with Gasteiger partial charge in [0.25, 0.3) is 5.91 Å². The van der Waals surface area contributed by atoms with Crippen LogP contribution in [-0.2, 0) is 4.79 Å². The topological polar surface area (TPSA) is 78.9 Å². The Labute approximate surface area is 216 Å². The molecule has 4 rings (SSSR count). The lowest BCUT2D eigenvalue weighted by atomic mass is 9.96. The van der Waals surface area contributed by atoms with Crippen LogP contribution in [0.5, 0.6) is 5.75 Å². The van der Waals surface area contributed by atoms with Gasteiger partial charge < -0.3 is 14.5 Å². The molecule has 0 spiro atoms. The Morgan fingerprint density at radius 3 is 2.44 bits per heavy atom. The molecule has 0 bridgehead atoms. The number of para-hydroxylation sites is 1. The lowest BCUT2D eigenvalue weighted by Crippen LogP contribution is -2.47. The van der Waals surface area contributed by atoms with Gasteiger partial charge in [-0.2, -0.15) is 0 Å². The molecule has 0 N–H and O–H groups in total. The predicted molar refractivity (Wildman–Crippen MR) is 141 cm³/mol. The number of carbonyl (C=O) groups is 2. The van der Waals surface area contributed by atoms with E-state index in [9.17, 15) is 9.59 Å². The molecule has 36 heavy (non-hydrogen) atoms. The van der Waals surface area contributed by atoms with Gasteiger partial charge in [-0.15, -0.1) is 0 Å². The Bertz CT molecular complexity index is 1170. The Kier molecular flexibility index (Phi) is 8.38. The minimum Gasteiger partial charge on any atom is -0.497 e. The van der Waals surface area contributed by atoms with Gasteiger partial charge in [-0.3, -0.25) is 14.5 Å². The molecule has 8 nitrogen and oxygen atoms in total. The van der Waals surface area contributed by atoms with Gasteiger partial charge in [-0.1, -0.05) is 23.7 Å². The van der Waals surface area contributed by atoms with Crippen molar-refractivity contribution in [2.45, 2.75) is 12.8 Å². The standard InChI is InChI=1S/C27H30ClN5O3/c1-31(25-11-14-29-19-30-25)17-20-12-15-32(16-13-20)26(34)18-33(24-6-4-3-5-23(24)28)27(35)21-7-9-22(36-2)10-8-21/h3-11,14,19-20H,12-13,15-18H2,1-2H3. The predicted octanol–water partition coefficient (Wildman–Crippen LogP) is 4.16. The largest absolute Gasteiger partial charge is 0.497 e. The number of hydrogen-bond acceptors (Lipinski definition) is 6. The van der Waals surface area contributed by atoms with Crippen LogP contribution in [0.1, 0.15) is 23.2 Å². The second kappa shape index (κ2) is 11.9. The van der Waals surface area contributed by atoms with Gasteiger partial charge in [-0.25, -0.2) is 9.97 Å². The first-order valence-corrected chi connectivity index (χ1v) is 12.3. The fraction of sp³-hybridized carbons (Fsp3) is 0.333. The summed E-state index contributed by atoms with van der Waals surface area (Å²) < 4.78 is 5.20. The van der Waals surface area contributed by atoms with E-state index in [-0.39, 0.29) is 18.4 Å². The summed E-state index contributed by atoms with van der Waals surface area (Å²) in [6.45, 7) is 2.07. The molecular formula is C27H30ClN5O3. The van der Waals surface area contributed by atoms with E-state index in [1.54, 1.807) is 68.2 Å². The second-order valence-electron chi connectivity index (χ2n) is 8.84. The summed E-state index contributed by atoms with van der Waals surface area (Å²) in [6.07, 6.45) is 5.06. The van der Waals surface area contributed by atoms with E-state index >= 15 is 0 Å². The van der Waals surface area contributed by atoms with Crippen LogP contribution in [0.25, 0.3) is 0 Å². The fourth-order valence-corrected chi connectivity index (χ4v) is 4.65. The maximum absolute atomic E-state index is 13.5. The first-order chi connectivity index (χ1) is 17.5. The van der Waals surface area contributed by atoms with Crippen molar-refractivity contribution in [1.82, 2.24) is 14.9 Å². The highest BCUT2D eigenvalue weighted by atomic mass is 35.5. The van der Waals surface area contributed by atoms with E-state index in [1.807, 2.05) is 18.0 Å². The number of aromatic nitrogens is 2. The van der Waals surface area contributed by atoms with Crippen LogP contribution < -0.4 is 14.5 Å². The number of likely N-dealkylation sites (tertiary alicyclic amines) is 1. The second-order valence-corrected chi connectivity index (χ2v) is 9.25. The molecule has 1 aliphatic rings. The number of methoxy groups -OCH3 is 1. The van der Waals surface area contributed by atoms with Crippen molar-refractivity contribution in [3.8, 4) is 5.75 Å².